The molecular weight excluding hydrogens is 227 g/mol. The van der Waals surface area contributed by atoms with Gasteiger partial charge in [-0.15, -0.1) is 0 Å². The predicted molar refractivity (Wildman–Crippen MR) is 51.0 cm³/mol. The van der Waals surface area contributed by atoms with E-state index in [9.17, 15) is 22.1 Å². The van der Waals surface area contributed by atoms with E-state index in [1.807, 2.05) is 0 Å². The second-order valence-electron chi connectivity index (χ2n) is 3.22. The van der Waals surface area contributed by atoms with Gasteiger partial charge in [-0.3, -0.25) is 4.79 Å². The highest BCUT2D eigenvalue weighted by Crippen LogP contribution is 2.19. The fraction of sp³-hybridized carbons (Fsp3) is 0.222. The first-order valence-corrected chi connectivity index (χ1v) is 4.44. The summed E-state index contributed by atoms with van der Waals surface area (Å²) in [6.07, 6.45) is 0. The molecule has 1 rings (SSSR count). The zero-order valence-corrected chi connectivity index (χ0v) is 8.34. The molecular formula is C9H8BF4O2-. The fourth-order valence-corrected chi connectivity index (χ4v) is 1.06. The number of rotatable bonds is 4. The second kappa shape index (κ2) is 4.55. The van der Waals surface area contributed by atoms with Crippen LogP contribution in [0.15, 0.2) is 18.2 Å². The first kappa shape index (κ1) is 12.5. The first-order valence-electron chi connectivity index (χ1n) is 4.44. The number of hydrogen-bond acceptors (Lipinski definition) is 2. The van der Waals surface area contributed by atoms with Gasteiger partial charge in [0.2, 0.25) is 0 Å². The Balaban J connectivity index is 2.78. The second-order valence-corrected chi connectivity index (χ2v) is 3.22. The number of hydrogen-bond donors (Lipinski definition) is 0. The van der Waals surface area contributed by atoms with E-state index in [0.717, 1.165) is 25.1 Å². The molecule has 0 saturated carbocycles. The van der Waals surface area contributed by atoms with Gasteiger partial charge in [0.1, 0.15) is 11.6 Å². The molecule has 0 bridgehead atoms. The molecule has 16 heavy (non-hydrogen) atoms. The van der Waals surface area contributed by atoms with Crippen LogP contribution < -0.4 is 4.74 Å². The van der Waals surface area contributed by atoms with Gasteiger partial charge in [-0.2, -0.15) is 0 Å². The summed E-state index contributed by atoms with van der Waals surface area (Å²) in [6.45, 7) is -5.34. The minimum Gasteiger partial charge on any atom is -0.522 e. The van der Waals surface area contributed by atoms with E-state index in [0.29, 0.717) is 0 Å². The molecule has 0 amide bonds. The Morgan fingerprint density at radius 2 is 2.00 bits per heavy atom. The van der Waals surface area contributed by atoms with Crippen LogP contribution in [-0.4, -0.2) is 19.3 Å². The minimum atomic E-state index is -5.07. The topological polar surface area (TPSA) is 26.3 Å². The third kappa shape index (κ3) is 3.56. The molecule has 0 radical (unpaired) electrons. The van der Waals surface area contributed by atoms with Gasteiger partial charge < -0.3 is 17.7 Å². The van der Waals surface area contributed by atoms with Gasteiger partial charge in [-0.25, -0.2) is 4.39 Å². The number of ketones is 1. The molecule has 0 aromatic heterocycles. The number of Topliss-reactive ketones (excluding diaryl/α,β-unsaturated/α-hetero) is 1. The number of carbonyl (C=O) groups excluding carboxylic acids is 1. The highest BCUT2D eigenvalue weighted by Gasteiger charge is 2.24. The lowest BCUT2D eigenvalue weighted by atomic mass is 9.95. The van der Waals surface area contributed by atoms with Crippen molar-refractivity contribution in [2.45, 2.75) is 6.92 Å². The molecule has 0 aliphatic carbocycles. The average Bonchev–Trinajstić information content (AvgIpc) is 2.13. The molecule has 1 aromatic carbocycles. The van der Waals surface area contributed by atoms with E-state index < -0.39 is 25.1 Å². The van der Waals surface area contributed by atoms with E-state index in [1.54, 1.807) is 0 Å². The van der Waals surface area contributed by atoms with Crippen molar-refractivity contribution in [2.75, 3.05) is 6.51 Å². The summed E-state index contributed by atoms with van der Waals surface area (Å²) in [4.78, 5) is 10.8. The van der Waals surface area contributed by atoms with E-state index in [-0.39, 0.29) is 11.3 Å². The van der Waals surface area contributed by atoms with Gasteiger partial charge in [0, 0.05) is 6.07 Å². The van der Waals surface area contributed by atoms with Crippen LogP contribution >= 0.6 is 0 Å². The van der Waals surface area contributed by atoms with Gasteiger partial charge in [0.05, 0.1) is 12.1 Å². The molecule has 0 atom stereocenters. The van der Waals surface area contributed by atoms with E-state index in [2.05, 4.69) is 4.74 Å². The Hall–Kier alpha value is -1.53. The van der Waals surface area contributed by atoms with Crippen molar-refractivity contribution in [3.05, 3.63) is 29.6 Å². The number of benzene rings is 1. The van der Waals surface area contributed by atoms with Crippen LogP contribution in [0.25, 0.3) is 0 Å². The molecule has 7 heteroatoms. The van der Waals surface area contributed by atoms with Crippen molar-refractivity contribution in [1.29, 1.82) is 0 Å². The van der Waals surface area contributed by atoms with Gasteiger partial charge in [-0.05, 0) is 19.1 Å². The molecule has 0 saturated heterocycles. The molecule has 0 aliphatic rings. The molecule has 0 N–H and O–H groups in total. The van der Waals surface area contributed by atoms with Gasteiger partial charge >= 0.3 is 6.98 Å². The number of carbonyl (C=O) groups is 1. The largest absolute Gasteiger partial charge is 0.522 e. The van der Waals surface area contributed by atoms with Crippen molar-refractivity contribution in [1.82, 2.24) is 0 Å². The summed E-state index contributed by atoms with van der Waals surface area (Å²) >= 11 is 0. The third-order valence-electron chi connectivity index (χ3n) is 1.76. The SMILES string of the molecule is CC(=O)c1ccc(OC[B-](F)(F)F)cc1F. The maximum atomic E-state index is 13.1. The van der Waals surface area contributed by atoms with Crippen LogP contribution in [0.4, 0.5) is 17.3 Å². The molecule has 88 valence electrons. The Morgan fingerprint density at radius 3 is 2.44 bits per heavy atom. The number of ether oxygens (including phenoxy) is 1. The Bertz CT molecular complexity index is 403. The van der Waals surface area contributed by atoms with E-state index in [1.165, 1.54) is 0 Å². The summed E-state index contributed by atoms with van der Waals surface area (Å²) in [5.74, 6) is -1.63. The van der Waals surface area contributed by atoms with E-state index >= 15 is 0 Å². The van der Waals surface area contributed by atoms with Crippen LogP contribution in [0, 0.1) is 5.82 Å². The third-order valence-corrected chi connectivity index (χ3v) is 1.76. The zero-order chi connectivity index (χ0) is 12.3. The maximum Gasteiger partial charge on any atom is 0.515 e. The first-order chi connectivity index (χ1) is 7.29. The van der Waals surface area contributed by atoms with Crippen LogP contribution in [0.3, 0.4) is 0 Å². The molecule has 0 aliphatic heterocycles. The lowest BCUT2D eigenvalue weighted by Crippen LogP contribution is -2.26. The van der Waals surface area contributed by atoms with Crippen molar-refractivity contribution in [2.24, 2.45) is 0 Å². The average molecular weight is 235 g/mol. The van der Waals surface area contributed by atoms with Crippen molar-refractivity contribution < 1.29 is 26.9 Å². The summed E-state index contributed by atoms with van der Waals surface area (Å²) in [5, 5.41) is 0. The molecule has 2 nitrogen and oxygen atoms in total. The van der Waals surface area contributed by atoms with Crippen LogP contribution in [0.1, 0.15) is 17.3 Å². The van der Waals surface area contributed by atoms with Crippen LogP contribution in [0.5, 0.6) is 5.75 Å². The van der Waals surface area contributed by atoms with Crippen LogP contribution in [-0.2, 0) is 0 Å². The lowest BCUT2D eigenvalue weighted by molar-refractivity contribution is 0.101. The maximum absolute atomic E-state index is 13.1. The lowest BCUT2D eigenvalue weighted by Gasteiger charge is -2.15. The highest BCUT2D eigenvalue weighted by molar-refractivity contribution is 6.58. The molecule has 1 aromatic rings. The van der Waals surface area contributed by atoms with Crippen molar-refractivity contribution in [3.8, 4) is 5.75 Å². The Morgan fingerprint density at radius 1 is 1.38 bits per heavy atom. The number of halogens is 4. The molecule has 0 spiro atoms. The normalized spacial score (nSPS) is 11.3. The quantitative estimate of drug-likeness (QED) is 0.455. The van der Waals surface area contributed by atoms with E-state index in [4.69, 9.17) is 0 Å². The zero-order valence-electron chi connectivity index (χ0n) is 8.34. The van der Waals surface area contributed by atoms with Gasteiger partial charge in [-0.1, -0.05) is 0 Å². The minimum absolute atomic E-state index is 0.176. The molecule has 0 heterocycles. The Labute approximate surface area is 89.3 Å². The van der Waals surface area contributed by atoms with Crippen molar-refractivity contribution >= 4 is 12.8 Å². The fourth-order valence-electron chi connectivity index (χ4n) is 1.06. The standard InChI is InChI=1S/C9H8BF4O2/c1-6(15)8-3-2-7(4-9(8)11)16-5-10(12,13)14/h2-4H,5H2,1H3/q-1. The summed E-state index contributed by atoms with van der Waals surface area (Å²) in [7, 11) is 0. The molecule has 0 fully saturated rings. The smallest absolute Gasteiger partial charge is 0.515 e. The monoisotopic (exact) mass is 235 g/mol. The molecule has 0 unspecified atom stereocenters. The predicted octanol–water partition coefficient (Wildman–Crippen LogP) is 2.79. The summed E-state index contributed by atoms with van der Waals surface area (Å²) in [6, 6.07) is 2.98. The highest BCUT2D eigenvalue weighted by atomic mass is 19.4. The van der Waals surface area contributed by atoms with Crippen LogP contribution in [0.2, 0.25) is 0 Å². The van der Waals surface area contributed by atoms with Gasteiger partial charge in [0.25, 0.3) is 0 Å². The Kier molecular flexibility index (Phi) is 3.56. The van der Waals surface area contributed by atoms with Gasteiger partial charge in [0.15, 0.2) is 5.78 Å². The van der Waals surface area contributed by atoms with Crippen molar-refractivity contribution in [3.63, 3.8) is 0 Å². The summed E-state index contributed by atoms with van der Waals surface area (Å²) in [5.41, 5.74) is -0.176. The summed E-state index contributed by atoms with van der Waals surface area (Å²) < 4.78 is 53.0.